The summed E-state index contributed by atoms with van der Waals surface area (Å²) in [5.74, 6) is 0.591. The Morgan fingerprint density at radius 2 is 1.91 bits per heavy atom. The van der Waals surface area contributed by atoms with Crippen molar-refractivity contribution in [2.75, 3.05) is 7.11 Å². The standard InChI is InChI=1S/C18H22N2O2S/c1-22-15-11-16(12-5-3-2-4-6-12)23-17(15)18(21)20-14-9-7-13(19)8-10-14/h2-6,11,13-14H,7-10,19H2,1H3,(H,20,21). The predicted octanol–water partition coefficient (Wildman–Crippen LogP) is 3.42. The summed E-state index contributed by atoms with van der Waals surface area (Å²) in [5, 5.41) is 3.13. The molecule has 0 aliphatic heterocycles. The Balaban J connectivity index is 1.76. The minimum atomic E-state index is -0.0468. The van der Waals surface area contributed by atoms with Gasteiger partial charge in [0.05, 0.1) is 7.11 Å². The molecule has 23 heavy (non-hydrogen) atoms. The third-order valence-electron chi connectivity index (χ3n) is 4.29. The van der Waals surface area contributed by atoms with E-state index in [-0.39, 0.29) is 18.0 Å². The largest absolute Gasteiger partial charge is 0.495 e. The van der Waals surface area contributed by atoms with E-state index in [9.17, 15) is 4.79 Å². The Morgan fingerprint density at radius 1 is 1.22 bits per heavy atom. The zero-order chi connectivity index (χ0) is 16.2. The highest BCUT2D eigenvalue weighted by molar-refractivity contribution is 7.17. The number of nitrogens with two attached hydrogens (primary N) is 1. The average molecular weight is 330 g/mol. The van der Waals surface area contributed by atoms with Gasteiger partial charge in [-0.3, -0.25) is 4.79 Å². The van der Waals surface area contributed by atoms with E-state index in [1.165, 1.54) is 11.3 Å². The average Bonchev–Trinajstić information content (AvgIpc) is 3.02. The second-order valence-corrected chi connectivity index (χ2v) is 7.01. The molecule has 0 unspecified atom stereocenters. The fourth-order valence-corrected chi connectivity index (χ4v) is 3.98. The molecule has 1 aromatic heterocycles. The minimum absolute atomic E-state index is 0.0468. The molecule has 1 fully saturated rings. The van der Waals surface area contributed by atoms with Crippen molar-refractivity contribution in [1.29, 1.82) is 0 Å². The fourth-order valence-electron chi connectivity index (χ4n) is 2.94. The first-order chi connectivity index (χ1) is 11.2. The number of nitrogens with one attached hydrogen (secondary N) is 1. The number of amides is 1. The van der Waals surface area contributed by atoms with Gasteiger partial charge in [0.15, 0.2) is 0 Å². The lowest BCUT2D eigenvalue weighted by Crippen LogP contribution is -2.40. The maximum absolute atomic E-state index is 12.6. The lowest BCUT2D eigenvalue weighted by molar-refractivity contribution is 0.0927. The summed E-state index contributed by atoms with van der Waals surface area (Å²) in [6.07, 6.45) is 3.85. The molecule has 0 spiro atoms. The first kappa shape index (κ1) is 16.0. The number of thiophene rings is 1. The van der Waals surface area contributed by atoms with E-state index in [4.69, 9.17) is 10.5 Å². The summed E-state index contributed by atoms with van der Waals surface area (Å²) in [6, 6.07) is 12.5. The highest BCUT2D eigenvalue weighted by atomic mass is 32.1. The van der Waals surface area contributed by atoms with Crippen LogP contribution in [0.4, 0.5) is 0 Å². The van der Waals surface area contributed by atoms with Gasteiger partial charge < -0.3 is 15.8 Å². The molecule has 0 radical (unpaired) electrons. The Kier molecular flexibility index (Phi) is 4.98. The van der Waals surface area contributed by atoms with E-state index in [0.717, 1.165) is 36.1 Å². The van der Waals surface area contributed by atoms with Crippen LogP contribution in [-0.2, 0) is 0 Å². The lowest BCUT2D eigenvalue weighted by Gasteiger charge is -2.26. The van der Waals surface area contributed by atoms with Gasteiger partial charge in [-0.05, 0) is 37.3 Å². The number of hydrogen-bond donors (Lipinski definition) is 2. The topological polar surface area (TPSA) is 64.3 Å². The molecule has 5 heteroatoms. The molecule has 2 aromatic rings. The highest BCUT2D eigenvalue weighted by Crippen LogP contribution is 2.36. The number of carbonyl (C=O) groups excluding carboxylic acids is 1. The maximum atomic E-state index is 12.6. The molecule has 4 nitrogen and oxygen atoms in total. The van der Waals surface area contributed by atoms with Gasteiger partial charge in [0.25, 0.3) is 5.91 Å². The van der Waals surface area contributed by atoms with E-state index < -0.39 is 0 Å². The smallest absolute Gasteiger partial charge is 0.265 e. The Hall–Kier alpha value is -1.85. The van der Waals surface area contributed by atoms with Crippen molar-refractivity contribution < 1.29 is 9.53 Å². The SMILES string of the molecule is COc1cc(-c2ccccc2)sc1C(=O)NC1CCC(N)CC1. The summed E-state index contributed by atoms with van der Waals surface area (Å²) in [7, 11) is 1.60. The number of rotatable bonds is 4. The second-order valence-electron chi connectivity index (χ2n) is 5.96. The van der Waals surface area contributed by atoms with Gasteiger partial charge in [-0.25, -0.2) is 0 Å². The minimum Gasteiger partial charge on any atom is -0.495 e. The van der Waals surface area contributed by atoms with Gasteiger partial charge in [-0.15, -0.1) is 11.3 Å². The van der Waals surface area contributed by atoms with Crippen molar-refractivity contribution >= 4 is 17.2 Å². The molecule has 0 atom stereocenters. The summed E-state index contributed by atoms with van der Waals surface area (Å²) in [5.41, 5.74) is 7.02. The molecule has 1 heterocycles. The third-order valence-corrected chi connectivity index (χ3v) is 5.45. The molecule has 1 aliphatic carbocycles. The van der Waals surface area contributed by atoms with Gasteiger partial charge in [-0.2, -0.15) is 0 Å². The predicted molar refractivity (Wildman–Crippen MR) is 94.0 cm³/mol. The molecule has 1 saturated carbocycles. The molecule has 0 bridgehead atoms. The van der Waals surface area contributed by atoms with E-state index in [1.807, 2.05) is 36.4 Å². The molecule has 3 N–H and O–H groups in total. The second kappa shape index (κ2) is 7.15. The molecule has 3 rings (SSSR count). The molecular formula is C18H22N2O2S. The van der Waals surface area contributed by atoms with Crippen molar-refractivity contribution in [3.05, 3.63) is 41.3 Å². The Bertz CT molecular complexity index is 661. The molecule has 0 saturated heterocycles. The van der Waals surface area contributed by atoms with Crippen LogP contribution in [0.25, 0.3) is 10.4 Å². The van der Waals surface area contributed by atoms with E-state index in [2.05, 4.69) is 5.32 Å². The molecule has 1 aromatic carbocycles. The van der Waals surface area contributed by atoms with Crippen molar-refractivity contribution in [3.63, 3.8) is 0 Å². The van der Waals surface area contributed by atoms with Crippen LogP contribution in [0.3, 0.4) is 0 Å². The summed E-state index contributed by atoms with van der Waals surface area (Å²) >= 11 is 1.47. The molecular weight excluding hydrogens is 308 g/mol. The normalized spacial score (nSPS) is 21.0. The summed E-state index contributed by atoms with van der Waals surface area (Å²) in [6.45, 7) is 0. The van der Waals surface area contributed by atoms with Crippen LogP contribution in [0.5, 0.6) is 5.75 Å². The van der Waals surface area contributed by atoms with Crippen molar-refractivity contribution in [1.82, 2.24) is 5.32 Å². The zero-order valence-electron chi connectivity index (χ0n) is 13.2. The zero-order valence-corrected chi connectivity index (χ0v) is 14.1. The maximum Gasteiger partial charge on any atom is 0.265 e. The van der Waals surface area contributed by atoms with Crippen LogP contribution in [0.1, 0.15) is 35.4 Å². The van der Waals surface area contributed by atoms with E-state index >= 15 is 0 Å². The number of ether oxygens (including phenoxy) is 1. The third kappa shape index (κ3) is 3.74. The highest BCUT2D eigenvalue weighted by Gasteiger charge is 2.23. The van der Waals surface area contributed by atoms with Gasteiger partial charge in [0.2, 0.25) is 0 Å². The molecule has 1 aliphatic rings. The van der Waals surface area contributed by atoms with Gasteiger partial charge >= 0.3 is 0 Å². The van der Waals surface area contributed by atoms with Crippen LogP contribution >= 0.6 is 11.3 Å². The van der Waals surface area contributed by atoms with Crippen molar-refractivity contribution in [2.24, 2.45) is 5.73 Å². The summed E-state index contributed by atoms with van der Waals surface area (Å²) < 4.78 is 5.40. The van der Waals surface area contributed by atoms with Crippen LogP contribution in [0.2, 0.25) is 0 Å². The number of benzene rings is 1. The van der Waals surface area contributed by atoms with Crippen LogP contribution in [0, 0.1) is 0 Å². The van der Waals surface area contributed by atoms with Gasteiger partial charge in [0, 0.05) is 17.0 Å². The van der Waals surface area contributed by atoms with Crippen LogP contribution < -0.4 is 15.8 Å². The van der Waals surface area contributed by atoms with E-state index in [0.29, 0.717) is 10.6 Å². The molecule has 1 amide bonds. The van der Waals surface area contributed by atoms with Crippen LogP contribution in [0.15, 0.2) is 36.4 Å². The molecule has 122 valence electrons. The number of carbonyl (C=O) groups is 1. The van der Waals surface area contributed by atoms with Crippen LogP contribution in [-0.4, -0.2) is 25.1 Å². The Labute approximate surface area is 140 Å². The van der Waals surface area contributed by atoms with Crippen molar-refractivity contribution in [3.8, 4) is 16.2 Å². The first-order valence-electron chi connectivity index (χ1n) is 7.97. The quantitative estimate of drug-likeness (QED) is 0.903. The van der Waals surface area contributed by atoms with Gasteiger partial charge in [-0.1, -0.05) is 30.3 Å². The lowest BCUT2D eigenvalue weighted by atomic mass is 9.92. The van der Waals surface area contributed by atoms with Gasteiger partial charge in [0.1, 0.15) is 10.6 Å². The van der Waals surface area contributed by atoms with E-state index in [1.54, 1.807) is 7.11 Å². The van der Waals surface area contributed by atoms with Crippen molar-refractivity contribution in [2.45, 2.75) is 37.8 Å². The number of methoxy groups -OCH3 is 1. The fraction of sp³-hybridized carbons (Fsp3) is 0.389. The number of hydrogen-bond acceptors (Lipinski definition) is 4. The first-order valence-corrected chi connectivity index (χ1v) is 8.78. The monoisotopic (exact) mass is 330 g/mol. The Morgan fingerprint density at radius 3 is 2.57 bits per heavy atom. The summed E-state index contributed by atoms with van der Waals surface area (Å²) in [4.78, 5) is 14.3.